The molecular formula is C44H56N4O5S. The fourth-order valence-corrected chi connectivity index (χ4v) is 8.09. The van der Waals surface area contributed by atoms with Crippen molar-refractivity contribution in [2.24, 2.45) is 5.41 Å². The normalized spacial score (nSPS) is 15.8. The molecule has 2 N–H and O–H groups in total. The number of benzene rings is 2. The number of aromatic nitrogens is 2. The van der Waals surface area contributed by atoms with Crippen LogP contribution in [0.1, 0.15) is 119 Å². The molecule has 1 aliphatic heterocycles. The Hall–Kier alpha value is -4.57. The van der Waals surface area contributed by atoms with E-state index in [1.54, 1.807) is 6.07 Å². The third kappa shape index (κ3) is 10.1. The van der Waals surface area contributed by atoms with Gasteiger partial charge in [-0.05, 0) is 65.5 Å². The molecule has 1 aliphatic rings. The molecule has 0 spiro atoms. The Morgan fingerprint density at radius 1 is 0.870 bits per heavy atom. The topological polar surface area (TPSA) is 122 Å². The summed E-state index contributed by atoms with van der Waals surface area (Å²) in [5.41, 5.74) is 2.93. The highest BCUT2D eigenvalue weighted by Gasteiger charge is 2.44. The summed E-state index contributed by atoms with van der Waals surface area (Å²) in [4.78, 5) is 52.8. The van der Waals surface area contributed by atoms with Gasteiger partial charge in [0.05, 0.1) is 11.5 Å². The Labute approximate surface area is 324 Å². The summed E-state index contributed by atoms with van der Waals surface area (Å²) in [6.07, 6.45) is 10.6. The zero-order chi connectivity index (χ0) is 39.0. The minimum Gasteiger partial charge on any atom is -0.494 e. The molecule has 3 unspecified atom stereocenters. The summed E-state index contributed by atoms with van der Waals surface area (Å²) in [6, 6.07) is 17.6. The second-order valence-electron chi connectivity index (χ2n) is 16.4. The molecule has 0 aliphatic carbocycles. The lowest BCUT2D eigenvalue weighted by Gasteiger charge is -2.39. The number of amides is 2. The lowest BCUT2D eigenvalue weighted by Crippen LogP contribution is -2.55. The standard InChI is InChI=1S/C44H56N4O5S/c1-8-9-10-11-12-26-53-33-21-19-29(20-22-33)32-27-45-39(46-28-32)31-17-15-30(16-18-31)37(44(5,6)7)38(41(50)48-25-13-14-34(48)42(51)52)47-40(49)35-23-24-36(54-35)43(2,3)4/h15-24,27-28,34,37-38H,8-14,25-26H2,1-7H3,(H,47,49)(H,51,52). The average molecular weight is 753 g/mol. The highest BCUT2D eigenvalue weighted by Crippen LogP contribution is 2.40. The number of aliphatic carboxylic acids is 1. The fourth-order valence-electron chi connectivity index (χ4n) is 7.13. The van der Waals surface area contributed by atoms with Gasteiger partial charge in [-0.25, -0.2) is 14.8 Å². The van der Waals surface area contributed by atoms with Crippen LogP contribution in [0.2, 0.25) is 0 Å². The first-order valence-electron chi connectivity index (χ1n) is 19.3. The van der Waals surface area contributed by atoms with Crippen molar-refractivity contribution < 1.29 is 24.2 Å². The summed E-state index contributed by atoms with van der Waals surface area (Å²) < 4.78 is 5.92. The number of unbranched alkanes of at least 4 members (excludes halogenated alkanes) is 4. The number of rotatable bonds is 15. The molecule has 1 fully saturated rings. The molecule has 1 saturated heterocycles. The number of nitrogens with zero attached hydrogens (tertiary/aromatic N) is 3. The van der Waals surface area contributed by atoms with Crippen LogP contribution in [0.15, 0.2) is 73.1 Å². The zero-order valence-corrected chi connectivity index (χ0v) is 33.7. The van der Waals surface area contributed by atoms with Crippen molar-refractivity contribution in [3.63, 3.8) is 0 Å². The van der Waals surface area contributed by atoms with E-state index < -0.39 is 29.4 Å². The van der Waals surface area contributed by atoms with Crippen molar-refractivity contribution >= 4 is 29.1 Å². The van der Waals surface area contributed by atoms with Gasteiger partial charge in [0.25, 0.3) is 5.91 Å². The van der Waals surface area contributed by atoms with E-state index in [4.69, 9.17) is 4.74 Å². The SMILES string of the molecule is CCCCCCCOc1ccc(-c2cnc(-c3ccc(C(C(NC(=O)c4ccc(C(C)(C)C)s4)C(=O)N4CCCC4C(=O)O)C(C)(C)C)cc3)nc2)cc1. The Balaban J connectivity index is 1.36. The predicted molar refractivity (Wildman–Crippen MR) is 216 cm³/mol. The van der Waals surface area contributed by atoms with Gasteiger partial charge < -0.3 is 20.1 Å². The van der Waals surface area contributed by atoms with E-state index in [0.29, 0.717) is 30.1 Å². The van der Waals surface area contributed by atoms with Crippen LogP contribution in [0.4, 0.5) is 0 Å². The maximum atomic E-state index is 14.4. The minimum absolute atomic E-state index is 0.129. The number of hydrogen-bond donors (Lipinski definition) is 2. The van der Waals surface area contributed by atoms with Gasteiger partial charge in [0.2, 0.25) is 5.91 Å². The summed E-state index contributed by atoms with van der Waals surface area (Å²) in [5.74, 6) is -0.819. The lowest BCUT2D eigenvalue weighted by molar-refractivity contribution is -0.149. The van der Waals surface area contributed by atoms with Gasteiger partial charge in [-0.15, -0.1) is 11.3 Å². The lowest BCUT2D eigenvalue weighted by atomic mass is 9.71. The first-order chi connectivity index (χ1) is 25.7. The number of carboxylic acids is 1. The van der Waals surface area contributed by atoms with Crippen molar-refractivity contribution in [2.45, 2.75) is 117 Å². The van der Waals surface area contributed by atoms with Crippen LogP contribution >= 0.6 is 11.3 Å². The molecule has 0 bridgehead atoms. The van der Waals surface area contributed by atoms with Crippen molar-refractivity contribution in [1.82, 2.24) is 20.2 Å². The van der Waals surface area contributed by atoms with E-state index in [1.807, 2.05) is 87.8 Å². The monoisotopic (exact) mass is 752 g/mol. The number of ether oxygens (including phenoxy) is 1. The van der Waals surface area contributed by atoms with Gasteiger partial charge in [-0.2, -0.15) is 0 Å². The molecular weight excluding hydrogens is 697 g/mol. The quantitative estimate of drug-likeness (QED) is 0.116. The first-order valence-corrected chi connectivity index (χ1v) is 20.1. The summed E-state index contributed by atoms with van der Waals surface area (Å²) in [6.45, 7) is 15.7. The summed E-state index contributed by atoms with van der Waals surface area (Å²) >= 11 is 1.41. The third-order valence-corrected chi connectivity index (χ3v) is 11.6. The zero-order valence-electron chi connectivity index (χ0n) is 32.9. The van der Waals surface area contributed by atoms with E-state index in [2.05, 4.69) is 43.0 Å². The second kappa shape index (κ2) is 17.7. The third-order valence-electron chi connectivity index (χ3n) is 10.1. The van der Waals surface area contributed by atoms with Gasteiger partial charge >= 0.3 is 5.97 Å². The van der Waals surface area contributed by atoms with Crippen LogP contribution in [0.3, 0.4) is 0 Å². The smallest absolute Gasteiger partial charge is 0.326 e. The van der Waals surface area contributed by atoms with Crippen LogP contribution < -0.4 is 10.1 Å². The van der Waals surface area contributed by atoms with E-state index in [1.165, 1.54) is 41.9 Å². The molecule has 0 saturated carbocycles. The number of carbonyl (C=O) groups excluding carboxylic acids is 2. The molecule has 3 atom stereocenters. The van der Waals surface area contributed by atoms with Gasteiger partial charge in [0, 0.05) is 40.9 Å². The Morgan fingerprint density at radius 3 is 2.11 bits per heavy atom. The van der Waals surface area contributed by atoms with Crippen molar-refractivity contribution in [1.29, 1.82) is 0 Å². The molecule has 2 amide bonds. The maximum absolute atomic E-state index is 14.4. The minimum atomic E-state index is -1.03. The van der Waals surface area contributed by atoms with Gasteiger partial charge in [0.15, 0.2) is 5.82 Å². The molecule has 10 heteroatoms. The van der Waals surface area contributed by atoms with Crippen molar-refractivity contribution in [3.05, 3.63) is 88.4 Å². The molecule has 2 aromatic heterocycles. The number of thiophene rings is 1. The summed E-state index contributed by atoms with van der Waals surface area (Å²) in [5, 5.41) is 13.0. The highest BCUT2D eigenvalue weighted by atomic mass is 32.1. The second-order valence-corrected chi connectivity index (χ2v) is 17.5. The van der Waals surface area contributed by atoms with Gasteiger partial charge in [0.1, 0.15) is 17.8 Å². The highest BCUT2D eigenvalue weighted by molar-refractivity contribution is 7.14. The number of nitrogens with one attached hydrogen (secondary N) is 1. The fraction of sp³-hybridized carbons (Fsp3) is 0.477. The van der Waals surface area contributed by atoms with Gasteiger partial charge in [-0.1, -0.05) is 111 Å². The number of hydrogen-bond acceptors (Lipinski definition) is 7. The first kappa shape index (κ1) is 40.6. The number of carboxylic acid groups (broad SMARTS) is 1. The van der Waals surface area contributed by atoms with E-state index in [9.17, 15) is 19.5 Å². The number of carbonyl (C=O) groups is 3. The molecule has 9 nitrogen and oxygen atoms in total. The Kier molecular flexibility index (Phi) is 13.3. The molecule has 3 heterocycles. The molecule has 288 valence electrons. The predicted octanol–water partition coefficient (Wildman–Crippen LogP) is 9.52. The van der Waals surface area contributed by atoms with Crippen LogP contribution in [-0.2, 0) is 15.0 Å². The van der Waals surface area contributed by atoms with Crippen LogP contribution in [0.5, 0.6) is 5.75 Å². The van der Waals surface area contributed by atoms with Crippen molar-refractivity contribution in [2.75, 3.05) is 13.2 Å². The molecule has 0 radical (unpaired) electrons. The average Bonchev–Trinajstić information content (AvgIpc) is 3.85. The Morgan fingerprint density at radius 2 is 1.52 bits per heavy atom. The van der Waals surface area contributed by atoms with Crippen LogP contribution in [0.25, 0.3) is 22.5 Å². The number of likely N-dealkylation sites (tertiary alicyclic amines) is 1. The Bertz CT molecular complexity index is 1860. The van der Waals surface area contributed by atoms with Gasteiger partial charge in [-0.3, -0.25) is 9.59 Å². The van der Waals surface area contributed by atoms with E-state index in [0.717, 1.165) is 45.9 Å². The maximum Gasteiger partial charge on any atom is 0.326 e. The molecule has 5 rings (SSSR count). The molecule has 54 heavy (non-hydrogen) atoms. The van der Waals surface area contributed by atoms with E-state index >= 15 is 0 Å². The largest absolute Gasteiger partial charge is 0.494 e. The molecule has 2 aromatic carbocycles. The van der Waals surface area contributed by atoms with Crippen LogP contribution in [0, 0.1) is 5.41 Å². The van der Waals surface area contributed by atoms with E-state index in [-0.39, 0.29) is 17.2 Å². The van der Waals surface area contributed by atoms with Crippen LogP contribution in [-0.4, -0.2) is 63.0 Å². The summed E-state index contributed by atoms with van der Waals surface area (Å²) in [7, 11) is 0. The molecule has 4 aromatic rings. The van der Waals surface area contributed by atoms with Crippen molar-refractivity contribution in [3.8, 4) is 28.3 Å².